The number of fused-ring (bicyclic) bond motifs is 1. The highest BCUT2D eigenvalue weighted by Crippen LogP contribution is 2.40. The number of nitro benzene ring substituents is 1. The number of benzene rings is 3. The van der Waals surface area contributed by atoms with Crippen LogP contribution in [0.15, 0.2) is 78.5 Å². The van der Waals surface area contributed by atoms with Crippen LogP contribution < -0.4 is 14.5 Å². The number of non-ortho nitro benzene ring substituents is 1. The SMILES string of the molecule is COc1cccc(N2C(=O)C(c3ccc([N+](=O)[O-])cc3)=C(N3CCCc4ccccc43)C2=O)c1. The molecule has 0 bridgehead atoms. The fourth-order valence-corrected chi connectivity index (χ4v) is 4.53. The number of rotatable bonds is 5. The maximum Gasteiger partial charge on any atom is 0.282 e. The number of hydrogen-bond donors (Lipinski definition) is 0. The van der Waals surface area contributed by atoms with E-state index in [0.717, 1.165) is 29.0 Å². The van der Waals surface area contributed by atoms with E-state index < -0.39 is 16.7 Å². The summed E-state index contributed by atoms with van der Waals surface area (Å²) in [5.41, 5.74) is 3.24. The summed E-state index contributed by atoms with van der Waals surface area (Å²) in [4.78, 5) is 41.3. The summed E-state index contributed by atoms with van der Waals surface area (Å²) >= 11 is 0. The summed E-state index contributed by atoms with van der Waals surface area (Å²) in [6.07, 6.45) is 1.71. The topological polar surface area (TPSA) is 93.0 Å². The summed E-state index contributed by atoms with van der Waals surface area (Å²) < 4.78 is 5.28. The molecule has 8 nitrogen and oxygen atoms in total. The predicted octanol–water partition coefficient (Wildman–Crippen LogP) is 4.34. The highest BCUT2D eigenvalue weighted by Gasteiger charge is 2.43. The second-order valence-corrected chi connectivity index (χ2v) is 8.06. The molecule has 5 rings (SSSR count). The molecule has 2 amide bonds. The maximum atomic E-state index is 13.8. The monoisotopic (exact) mass is 455 g/mol. The Morgan fingerprint density at radius 3 is 2.44 bits per heavy atom. The average molecular weight is 455 g/mol. The van der Waals surface area contributed by atoms with Crippen molar-refractivity contribution in [3.8, 4) is 5.75 Å². The standard InChI is InChI=1S/C26H21N3O5/c1-34-21-9-4-8-20(16-21)28-25(30)23(18-11-13-19(14-12-18)29(32)33)24(26(28)31)27-15-5-7-17-6-2-3-10-22(17)27/h2-4,6,8-14,16H,5,7,15H2,1H3. The highest BCUT2D eigenvalue weighted by atomic mass is 16.6. The molecule has 0 radical (unpaired) electrons. The Balaban J connectivity index is 1.68. The Bertz CT molecular complexity index is 1350. The number of aryl methyl sites for hydroxylation is 1. The van der Waals surface area contributed by atoms with E-state index in [-0.39, 0.29) is 17.0 Å². The fourth-order valence-electron chi connectivity index (χ4n) is 4.53. The molecule has 2 aliphatic heterocycles. The van der Waals surface area contributed by atoms with E-state index >= 15 is 0 Å². The summed E-state index contributed by atoms with van der Waals surface area (Å²) in [5.74, 6) is -0.403. The molecular weight excluding hydrogens is 434 g/mol. The summed E-state index contributed by atoms with van der Waals surface area (Å²) in [6, 6.07) is 20.3. The Hall–Kier alpha value is -4.46. The Morgan fingerprint density at radius 1 is 0.941 bits per heavy atom. The first-order valence-corrected chi connectivity index (χ1v) is 10.9. The zero-order valence-electron chi connectivity index (χ0n) is 18.4. The molecule has 34 heavy (non-hydrogen) atoms. The molecule has 0 aromatic heterocycles. The second kappa shape index (κ2) is 8.47. The van der Waals surface area contributed by atoms with E-state index in [9.17, 15) is 19.7 Å². The number of ether oxygens (including phenoxy) is 1. The molecule has 3 aromatic rings. The minimum absolute atomic E-state index is 0.0874. The molecule has 170 valence electrons. The number of anilines is 2. The van der Waals surface area contributed by atoms with E-state index in [4.69, 9.17) is 4.74 Å². The van der Waals surface area contributed by atoms with Crippen molar-refractivity contribution in [3.63, 3.8) is 0 Å². The van der Waals surface area contributed by atoms with Gasteiger partial charge in [-0.05, 0) is 54.3 Å². The van der Waals surface area contributed by atoms with Gasteiger partial charge in [0.2, 0.25) is 0 Å². The van der Waals surface area contributed by atoms with Gasteiger partial charge in [-0.3, -0.25) is 19.7 Å². The third-order valence-corrected chi connectivity index (χ3v) is 6.12. The number of amides is 2. The van der Waals surface area contributed by atoms with Gasteiger partial charge in [0.15, 0.2) is 0 Å². The van der Waals surface area contributed by atoms with E-state index in [2.05, 4.69) is 0 Å². The molecule has 0 saturated heterocycles. The summed E-state index contributed by atoms with van der Waals surface area (Å²) in [6.45, 7) is 0.577. The molecule has 0 N–H and O–H groups in total. The Labute approximate surface area is 195 Å². The number of nitrogens with zero attached hydrogens (tertiary/aromatic N) is 3. The third kappa shape index (κ3) is 3.49. The molecule has 0 unspecified atom stereocenters. The van der Waals surface area contributed by atoms with Crippen LogP contribution in [0.3, 0.4) is 0 Å². The normalized spacial score (nSPS) is 15.6. The number of para-hydroxylation sites is 1. The highest BCUT2D eigenvalue weighted by molar-refractivity contribution is 6.46. The number of carbonyl (C=O) groups is 2. The van der Waals surface area contributed by atoms with Gasteiger partial charge < -0.3 is 9.64 Å². The van der Waals surface area contributed by atoms with Gasteiger partial charge in [-0.15, -0.1) is 0 Å². The summed E-state index contributed by atoms with van der Waals surface area (Å²) in [5, 5.41) is 11.1. The Kier molecular flexibility index (Phi) is 5.33. The maximum absolute atomic E-state index is 13.8. The van der Waals surface area contributed by atoms with Crippen molar-refractivity contribution in [1.29, 1.82) is 0 Å². The van der Waals surface area contributed by atoms with Crippen molar-refractivity contribution < 1.29 is 19.2 Å². The van der Waals surface area contributed by atoms with Crippen LogP contribution in [0.2, 0.25) is 0 Å². The molecule has 0 atom stereocenters. The second-order valence-electron chi connectivity index (χ2n) is 8.06. The fraction of sp³-hybridized carbons (Fsp3) is 0.154. The van der Waals surface area contributed by atoms with E-state index in [1.54, 1.807) is 24.3 Å². The minimum atomic E-state index is -0.496. The molecule has 2 aliphatic rings. The average Bonchev–Trinajstić information content (AvgIpc) is 3.13. The quantitative estimate of drug-likeness (QED) is 0.323. The first-order chi connectivity index (χ1) is 16.5. The van der Waals surface area contributed by atoms with Gasteiger partial charge in [0.25, 0.3) is 17.5 Å². The van der Waals surface area contributed by atoms with Crippen LogP contribution >= 0.6 is 0 Å². The lowest BCUT2D eigenvalue weighted by Gasteiger charge is -2.32. The lowest BCUT2D eigenvalue weighted by Crippen LogP contribution is -2.37. The van der Waals surface area contributed by atoms with Crippen molar-refractivity contribution in [1.82, 2.24) is 0 Å². The lowest BCUT2D eigenvalue weighted by molar-refractivity contribution is -0.384. The van der Waals surface area contributed by atoms with Crippen LogP contribution in [0, 0.1) is 10.1 Å². The van der Waals surface area contributed by atoms with Crippen LogP contribution in [-0.2, 0) is 16.0 Å². The van der Waals surface area contributed by atoms with Crippen molar-refractivity contribution in [2.24, 2.45) is 0 Å². The number of nitro groups is 1. The molecule has 0 spiro atoms. The largest absolute Gasteiger partial charge is 0.497 e. The van der Waals surface area contributed by atoms with Gasteiger partial charge in [0, 0.05) is 30.4 Å². The smallest absolute Gasteiger partial charge is 0.282 e. The molecule has 8 heteroatoms. The molecule has 3 aromatic carbocycles. The van der Waals surface area contributed by atoms with Crippen molar-refractivity contribution >= 4 is 34.4 Å². The minimum Gasteiger partial charge on any atom is -0.497 e. The molecule has 0 aliphatic carbocycles. The van der Waals surface area contributed by atoms with Gasteiger partial charge in [-0.25, -0.2) is 4.90 Å². The van der Waals surface area contributed by atoms with Crippen LogP contribution in [0.5, 0.6) is 5.75 Å². The lowest BCUT2D eigenvalue weighted by atomic mass is 9.98. The van der Waals surface area contributed by atoms with Crippen molar-refractivity contribution in [3.05, 3.63) is 99.7 Å². The zero-order chi connectivity index (χ0) is 23.8. The van der Waals surface area contributed by atoms with Gasteiger partial charge in [-0.2, -0.15) is 0 Å². The first-order valence-electron chi connectivity index (χ1n) is 10.9. The van der Waals surface area contributed by atoms with Crippen LogP contribution in [-0.4, -0.2) is 30.4 Å². The van der Waals surface area contributed by atoms with Crippen LogP contribution in [0.4, 0.5) is 17.1 Å². The van der Waals surface area contributed by atoms with Gasteiger partial charge in [0.1, 0.15) is 11.4 Å². The number of imide groups is 1. The number of methoxy groups -OCH3 is 1. The number of carbonyl (C=O) groups excluding carboxylic acids is 2. The van der Waals surface area contributed by atoms with Crippen LogP contribution in [0.1, 0.15) is 17.5 Å². The number of hydrogen-bond acceptors (Lipinski definition) is 6. The van der Waals surface area contributed by atoms with Crippen molar-refractivity contribution in [2.75, 3.05) is 23.5 Å². The zero-order valence-corrected chi connectivity index (χ0v) is 18.4. The van der Waals surface area contributed by atoms with Gasteiger partial charge in [-0.1, -0.05) is 24.3 Å². The Morgan fingerprint density at radius 2 is 1.71 bits per heavy atom. The van der Waals surface area contributed by atoms with Crippen LogP contribution in [0.25, 0.3) is 5.57 Å². The van der Waals surface area contributed by atoms with Gasteiger partial charge in [0.05, 0.1) is 23.3 Å². The molecule has 2 heterocycles. The first kappa shape index (κ1) is 21.4. The molecular formula is C26H21N3O5. The van der Waals surface area contributed by atoms with Gasteiger partial charge >= 0.3 is 0 Å². The molecule has 0 fully saturated rings. The molecule has 0 saturated carbocycles. The summed E-state index contributed by atoms with van der Waals surface area (Å²) in [7, 11) is 1.52. The van der Waals surface area contributed by atoms with E-state index in [1.807, 2.05) is 29.2 Å². The van der Waals surface area contributed by atoms with Crippen molar-refractivity contribution in [2.45, 2.75) is 12.8 Å². The third-order valence-electron chi connectivity index (χ3n) is 6.12. The predicted molar refractivity (Wildman–Crippen MR) is 128 cm³/mol. The van der Waals surface area contributed by atoms with E-state index in [1.165, 1.54) is 31.4 Å². The van der Waals surface area contributed by atoms with E-state index in [0.29, 0.717) is 23.5 Å².